The first kappa shape index (κ1) is 20.1. The number of hydrogen-bond acceptors (Lipinski definition) is 0. The largest absolute Gasteiger partial charge is 0.114 e. The van der Waals surface area contributed by atoms with E-state index in [-0.39, 0.29) is 4.62 Å². The van der Waals surface area contributed by atoms with Gasteiger partial charge in [0.1, 0.15) is 0 Å². The molecule has 0 unspecified atom stereocenters. The molecule has 0 aromatic heterocycles. The molecule has 1 aromatic rings. The van der Waals surface area contributed by atoms with Gasteiger partial charge in [-0.3, -0.25) is 0 Å². The van der Waals surface area contributed by atoms with Crippen LogP contribution in [0.5, 0.6) is 0 Å². The molecule has 0 saturated heterocycles. The van der Waals surface area contributed by atoms with E-state index >= 15 is 0 Å². The van der Waals surface area contributed by atoms with Crippen molar-refractivity contribution in [3.63, 3.8) is 0 Å². The van der Waals surface area contributed by atoms with Crippen LogP contribution < -0.4 is 0 Å². The molecule has 3 aliphatic rings. The van der Waals surface area contributed by atoms with E-state index in [9.17, 15) is 0 Å². The van der Waals surface area contributed by atoms with Crippen molar-refractivity contribution in [1.82, 2.24) is 0 Å². The van der Waals surface area contributed by atoms with Crippen molar-refractivity contribution in [2.75, 3.05) is 0 Å². The van der Waals surface area contributed by atoms with Crippen molar-refractivity contribution in [2.45, 2.75) is 112 Å². The third-order valence-electron chi connectivity index (χ3n) is 7.83. The SMILES string of the molecule is ClC1(P(=Cc2ccccc2)(C2CCCCC2)C2CCCCC2)CCCCC1. The first-order valence-electron chi connectivity index (χ1n) is 11.7. The molecule has 0 spiro atoms. The molecule has 2 heteroatoms. The zero-order valence-corrected chi connectivity index (χ0v) is 18.7. The van der Waals surface area contributed by atoms with Crippen LogP contribution in [0.1, 0.15) is 102 Å². The molecule has 0 aliphatic heterocycles. The van der Waals surface area contributed by atoms with Crippen molar-refractivity contribution in [3.8, 4) is 0 Å². The van der Waals surface area contributed by atoms with Crippen molar-refractivity contribution >= 4 is 24.3 Å². The maximum Gasteiger partial charge on any atom is 0.0644 e. The van der Waals surface area contributed by atoms with E-state index in [2.05, 4.69) is 36.1 Å². The van der Waals surface area contributed by atoms with Crippen LogP contribution in [0.3, 0.4) is 0 Å². The van der Waals surface area contributed by atoms with Crippen LogP contribution in [0.2, 0.25) is 0 Å². The van der Waals surface area contributed by atoms with E-state index in [0.717, 1.165) is 11.3 Å². The molecule has 0 amide bonds. The fourth-order valence-electron chi connectivity index (χ4n) is 6.56. The summed E-state index contributed by atoms with van der Waals surface area (Å²) in [7, 11) is 0. The Morgan fingerprint density at radius 2 is 1.19 bits per heavy atom. The molecular formula is C25H38ClP. The average molecular weight is 405 g/mol. The van der Waals surface area contributed by atoms with Crippen LogP contribution in [0.25, 0.3) is 0 Å². The standard InChI is InChI=1S/C25H38ClP/c26-25(19-11-4-12-20-25)27(23-15-7-2-8-16-23,24-17-9-3-10-18-24)21-22-13-5-1-6-14-22/h1,5-6,13-14,21,23-24H,2-4,7-12,15-20H2. The molecule has 4 rings (SSSR count). The number of benzene rings is 1. The summed E-state index contributed by atoms with van der Waals surface area (Å²) in [4.78, 5) is 0. The Morgan fingerprint density at radius 1 is 0.704 bits per heavy atom. The van der Waals surface area contributed by atoms with Crippen molar-refractivity contribution in [3.05, 3.63) is 35.9 Å². The highest BCUT2D eigenvalue weighted by Gasteiger charge is 2.50. The van der Waals surface area contributed by atoms with Gasteiger partial charge in [0.2, 0.25) is 0 Å². The van der Waals surface area contributed by atoms with Crippen LogP contribution in [-0.4, -0.2) is 21.7 Å². The Kier molecular flexibility index (Phi) is 6.76. The Balaban J connectivity index is 1.88. The van der Waals surface area contributed by atoms with Crippen LogP contribution in [0.4, 0.5) is 0 Å². The quantitative estimate of drug-likeness (QED) is 0.349. The minimum atomic E-state index is -1.42. The molecule has 0 bridgehead atoms. The average Bonchev–Trinajstić information content (AvgIpc) is 2.74. The van der Waals surface area contributed by atoms with E-state index in [1.54, 1.807) is 0 Å². The van der Waals surface area contributed by atoms with Gasteiger partial charge in [-0.15, -0.1) is 11.6 Å². The zero-order valence-electron chi connectivity index (χ0n) is 17.1. The third kappa shape index (κ3) is 4.09. The number of hydrogen-bond donors (Lipinski definition) is 0. The molecule has 3 fully saturated rings. The summed E-state index contributed by atoms with van der Waals surface area (Å²) in [5.41, 5.74) is 3.25. The maximum atomic E-state index is 7.83. The fraction of sp³-hybridized carbons (Fsp3) is 0.720. The summed E-state index contributed by atoms with van der Waals surface area (Å²) in [5.74, 6) is 2.83. The summed E-state index contributed by atoms with van der Waals surface area (Å²) in [6.07, 6.45) is 21.1. The Hall–Kier alpha value is -0.190. The molecule has 150 valence electrons. The van der Waals surface area contributed by atoms with E-state index < -0.39 is 6.89 Å². The van der Waals surface area contributed by atoms with Crippen LogP contribution in [0, 0.1) is 0 Å². The van der Waals surface area contributed by atoms with Gasteiger partial charge in [-0.25, -0.2) is 0 Å². The van der Waals surface area contributed by atoms with Gasteiger partial charge in [0.05, 0.1) is 4.62 Å². The van der Waals surface area contributed by atoms with Gasteiger partial charge in [0.15, 0.2) is 0 Å². The van der Waals surface area contributed by atoms with Gasteiger partial charge >= 0.3 is 0 Å². The van der Waals surface area contributed by atoms with E-state index in [1.807, 2.05) is 0 Å². The monoisotopic (exact) mass is 404 g/mol. The molecule has 0 radical (unpaired) electrons. The molecule has 1 aromatic carbocycles. The summed E-state index contributed by atoms with van der Waals surface area (Å²) < 4.78 is 0.0884. The van der Waals surface area contributed by atoms with Gasteiger partial charge in [0, 0.05) is 0 Å². The molecule has 27 heavy (non-hydrogen) atoms. The second-order valence-electron chi connectivity index (χ2n) is 9.44. The van der Waals surface area contributed by atoms with E-state index in [0.29, 0.717) is 0 Å². The minimum absolute atomic E-state index is 0.0884. The molecular weight excluding hydrogens is 367 g/mol. The second kappa shape index (κ2) is 9.09. The van der Waals surface area contributed by atoms with Crippen molar-refractivity contribution in [2.24, 2.45) is 0 Å². The lowest BCUT2D eigenvalue weighted by molar-refractivity contribution is 0.441. The lowest BCUT2D eigenvalue weighted by Crippen LogP contribution is -2.38. The first-order valence-corrected chi connectivity index (χ1v) is 14.1. The lowest BCUT2D eigenvalue weighted by Gasteiger charge is -2.54. The molecule has 3 saturated carbocycles. The minimum Gasteiger partial charge on any atom is -0.114 e. The number of alkyl halides is 1. The summed E-state index contributed by atoms with van der Waals surface area (Å²) in [5, 5.41) is 0. The van der Waals surface area contributed by atoms with Crippen LogP contribution in [-0.2, 0) is 0 Å². The number of rotatable bonds is 4. The second-order valence-corrected chi connectivity index (χ2v) is 14.7. The van der Waals surface area contributed by atoms with Gasteiger partial charge in [0.25, 0.3) is 0 Å². The Bertz CT molecular complexity index is 610. The predicted molar refractivity (Wildman–Crippen MR) is 124 cm³/mol. The Labute approximate surface area is 172 Å². The topological polar surface area (TPSA) is 0 Å². The van der Waals surface area contributed by atoms with Crippen LogP contribution >= 0.6 is 18.5 Å². The van der Waals surface area contributed by atoms with Gasteiger partial charge in [-0.05, 0) is 55.4 Å². The van der Waals surface area contributed by atoms with Gasteiger partial charge < -0.3 is 0 Å². The summed E-state index contributed by atoms with van der Waals surface area (Å²) >= 11 is 7.83. The van der Waals surface area contributed by atoms with Gasteiger partial charge in [-0.1, -0.05) is 101 Å². The van der Waals surface area contributed by atoms with Gasteiger partial charge in [-0.2, -0.15) is 0 Å². The highest BCUT2D eigenvalue weighted by atomic mass is 35.5. The number of halogens is 1. The molecule has 3 aliphatic carbocycles. The van der Waals surface area contributed by atoms with E-state index in [4.69, 9.17) is 11.6 Å². The maximum absolute atomic E-state index is 7.83. The fourth-order valence-corrected chi connectivity index (χ4v) is 14.6. The van der Waals surface area contributed by atoms with Crippen molar-refractivity contribution in [1.29, 1.82) is 0 Å². The van der Waals surface area contributed by atoms with Crippen molar-refractivity contribution < 1.29 is 0 Å². The zero-order chi connectivity index (χ0) is 18.6. The highest BCUT2D eigenvalue weighted by Crippen LogP contribution is 2.76. The molecule has 0 atom stereocenters. The first-order chi connectivity index (χ1) is 13.2. The smallest absolute Gasteiger partial charge is 0.0644 e. The van der Waals surface area contributed by atoms with E-state index in [1.165, 1.54) is 102 Å². The van der Waals surface area contributed by atoms with Crippen LogP contribution in [0.15, 0.2) is 30.3 Å². The molecule has 0 heterocycles. The predicted octanol–water partition coefficient (Wildman–Crippen LogP) is 8.42. The summed E-state index contributed by atoms with van der Waals surface area (Å²) in [6.45, 7) is -1.42. The molecule has 0 nitrogen and oxygen atoms in total. The lowest BCUT2D eigenvalue weighted by atomic mass is 9.98. The third-order valence-corrected chi connectivity index (χ3v) is 15.1. The Morgan fingerprint density at radius 3 is 1.70 bits per heavy atom. The summed E-state index contributed by atoms with van der Waals surface area (Å²) in [6, 6.07) is 11.3. The molecule has 0 N–H and O–H groups in total. The highest BCUT2D eigenvalue weighted by molar-refractivity contribution is 7.79. The normalized spacial score (nSPS) is 25.2.